The lowest BCUT2D eigenvalue weighted by Gasteiger charge is -2.32. The average molecular weight is 599 g/mol. The van der Waals surface area contributed by atoms with Gasteiger partial charge in [0.2, 0.25) is 0 Å². The number of amides is 1. The van der Waals surface area contributed by atoms with Crippen LogP contribution in [0.4, 0.5) is 5.69 Å². The molecule has 1 spiro atoms. The van der Waals surface area contributed by atoms with E-state index in [9.17, 15) is 14.9 Å². The van der Waals surface area contributed by atoms with E-state index >= 15 is 0 Å². The van der Waals surface area contributed by atoms with Crippen LogP contribution < -0.4 is 14.8 Å². The molecule has 4 atom stereocenters. The Morgan fingerprint density at radius 3 is 2.71 bits per heavy atom. The van der Waals surface area contributed by atoms with Crippen molar-refractivity contribution >= 4 is 39.1 Å². The Morgan fingerprint density at radius 1 is 1.21 bits per heavy atom. The second-order valence-electron chi connectivity index (χ2n) is 9.87. The summed E-state index contributed by atoms with van der Waals surface area (Å²) in [4.78, 5) is 28.3. The third-order valence-corrected chi connectivity index (χ3v) is 8.87. The van der Waals surface area contributed by atoms with Gasteiger partial charge in [0.1, 0.15) is 6.61 Å². The summed E-state index contributed by atoms with van der Waals surface area (Å²) in [5, 5.41) is 16.4. The maximum atomic E-state index is 13.7. The SMILES string of the molecule is COc1cc([C@H]2[C@H]([N+](=O)[O-])[C@@]3(C(=O)Nc4ccccc43)N3CCC[C@@H]23)cc(Br)c1OCc1ccc(Cl)cc1. The minimum absolute atomic E-state index is 0.167. The smallest absolute Gasteiger partial charge is 0.256 e. The first kappa shape index (κ1) is 25.2. The van der Waals surface area contributed by atoms with Crippen LogP contribution in [0.1, 0.15) is 35.4 Å². The summed E-state index contributed by atoms with van der Waals surface area (Å²) in [5.41, 5.74) is 1.62. The number of nitrogens with zero attached hydrogens (tertiary/aromatic N) is 2. The molecular formula is C28H25BrClN3O5. The van der Waals surface area contributed by atoms with Gasteiger partial charge in [-0.25, -0.2) is 0 Å². The highest BCUT2D eigenvalue weighted by Crippen LogP contribution is 2.58. The second kappa shape index (κ2) is 9.55. The van der Waals surface area contributed by atoms with E-state index in [2.05, 4.69) is 26.1 Å². The van der Waals surface area contributed by atoms with Crippen LogP contribution in [0.25, 0.3) is 0 Å². The van der Waals surface area contributed by atoms with Crippen LogP contribution >= 0.6 is 27.5 Å². The van der Waals surface area contributed by atoms with Crippen molar-refractivity contribution < 1.29 is 19.2 Å². The summed E-state index contributed by atoms with van der Waals surface area (Å²) >= 11 is 9.62. The molecule has 8 nitrogen and oxygen atoms in total. The van der Waals surface area contributed by atoms with Crippen LogP contribution in [-0.4, -0.2) is 41.5 Å². The van der Waals surface area contributed by atoms with E-state index < -0.39 is 17.5 Å². The van der Waals surface area contributed by atoms with Crippen LogP contribution in [-0.2, 0) is 16.9 Å². The number of carbonyl (C=O) groups excluding carboxylic acids is 1. The molecule has 0 radical (unpaired) electrons. The molecule has 0 aliphatic carbocycles. The van der Waals surface area contributed by atoms with E-state index in [1.54, 1.807) is 19.2 Å². The topological polar surface area (TPSA) is 93.9 Å². The van der Waals surface area contributed by atoms with E-state index in [1.807, 2.05) is 48.5 Å². The van der Waals surface area contributed by atoms with Gasteiger partial charge in [0, 0.05) is 33.8 Å². The highest BCUT2D eigenvalue weighted by Gasteiger charge is 2.73. The van der Waals surface area contributed by atoms with Gasteiger partial charge in [-0.15, -0.1) is 0 Å². The first-order chi connectivity index (χ1) is 18.4. The third kappa shape index (κ3) is 3.71. The molecule has 2 fully saturated rings. The molecule has 3 aromatic carbocycles. The number of halogens is 2. The highest BCUT2D eigenvalue weighted by atomic mass is 79.9. The average Bonchev–Trinajstić information content (AvgIpc) is 3.57. The molecule has 3 aliphatic heterocycles. The number of nitro groups is 1. The Labute approximate surface area is 233 Å². The van der Waals surface area contributed by atoms with E-state index in [4.69, 9.17) is 21.1 Å². The number of hydrogen-bond acceptors (Lipinski definition) is 6. The van der Waals surface area contributed by atoms with Gasteiger partial charge in [0.05, 0.1) is 17.5 Å². The molecule has 10 heteroatoms. The number of benzene rings is 3. The van der Waals surface area contributed by atoms with Crippen LogP contribution in [0.2, 0.25) is 5.02 Å². The molecule has 1 amide bonds. The fraction of sp³-hybridized carbons (Fsp3) is 0.321. The van der Waals surface area contributed by atoms with E-state index in [0.29, 0.717) is 45.4 Å². The molecule has 3 aliphatic rings. The Morgan fingerprint density at radius 2 is 1.97 bits per heavy atom. The number of ether oxygens (including phenoxy) is 2. The predicted molar refractivity (Wildman–Crippen MR) is 146 cm³/mol. The number of anilines is 1. The molecule has 38 heavy (non-hydrogen) atoms. The Hall–Kier alpha value is -3.14. The van der Waals surface area contributed by atoms with Crippen molar-refractivity contribution in [2.75, 3.05) is 19.0 Å². The molecule has 1 N–H and O–H groups in total. The van der Waals surface area contributed by atoms with Gasteiger partial charge in [-0.1, -0.05) is 41.9 Å². The minimum atomic E-state index is -1.37. The Bertz CT molecular complexity index is 1430. The number of rotatable bonds is 6. The number of nitrogens with one attached hydrogen (secondary N) is 1. The van der Waals surface area contributed by atoms with E-state index in [1.165, 1.54) is 0 Å². The van der Waals surface area contributed by atoms with Crippen molar-refractivity contribution in [3.8, 4) is 11.5 Å². The molecule has 6 rings (SSSR count). The summed E-state index contributed by atoms with van der Waals surface area (Å²) < 4.78 is 12.4. The normalized spacial score (nSPS) is 25.8. The zero-order valence-corrected chi connectivity index (χ0v) is 22.9. The van der Waals surface area contributed by atoms with Gasteiger partial charge >= 0.3 is 0 Å². The summed E-state index contributed by atoms with van der Waals surface area (Å²) in [7, 11) is 1.55. The second-order valence-corrected chi connectivity index (χ2v) is 11.2. The molecule has 2 saturated heterocycles. The first-order valence-corrected chi connectivity index (χ1v) is 13.6. The van der Waals surface area contributed by atoms with Gasteiger partial charge in [0.15, 0.2) is 17.0 Å². The van der Waals surface area contributed by atoms with Gasteiger partial charge in [0.25, 0.3) is 11.9 Å². The molecule has 0 aromatic heterocycles. The predicted octanol–water partition coefficient (Wildman–Crippen LogP) is 5.74. The summed E-state index contributed by atoms with van der Waals surface area (Å²) in [6, 6.07) is 17.0. The van der Waals surface area contributed by atoms with Crippen molar-refractivity contribution in [2.24, 2.45) is 0 Å². The van der Waals surface area contributed by atoms with Crippen molar-refractivity contribution in [1.82, 2.24) is 4.90 Å². The van der Waals surface area contributed by atoms with Crippen LogP contribution in [0, 0.1) is 10.1 Å². The van der Waals surface area contributed by atoms with Crippen molar-refractivity contribution in [3.05, 3.63) is 97.0 Å². The summed E-state index contributed by atoms with van der Waals surface area (Å²) in [5.74, 6) is 0.111. The molecule has 3 heterocycles. The highest BCUT2D eigenvalue weighted by molar-refractivity contribution is 9.10. The summed E-state index contributed by atoms with van der Waals surface area (Å²) in [6.07, 6.45) is 1.63. The van der Waals surface area contributed by atoms with Gasteiger partial charge in [-0.05, 0) is 70.2 Å². The maximum absolute atomic E-state index is 13.7. The zero-order chi connectivity index (χ0) is 26.6. The Balaban J connectivity index is 1.42. The van der Waals surface area contributed by atoms with E-state index in [-0.39, 0.29) is 16.9 Å². The lowest BCUT2D eigenvalue weighted by molar-refractivity contribution is -0.534. The quantitative estimate of drug-likeness (QED) is 0.287. The fourth-order valence-corrected chi connectivity index (χ4v) is 7.28. The molecule has 3 aromatic rings. The minimum Gasteiger partial charge on any atom is -0.493 e. The molecule has 196 valence electrons. The summed E-state index contributed by atoms with van der Waals surface area (Å²) in [6.45, 7) is 0.913. The van der Waals surface area contributed by atoms with Crippen molar-refractivity contribution in [3.63, 3.8) is 0 Å². The first-order valence-electron chi connectivity index (χ1n) is 12.4. The number of methoxy groups -OCH3 is 1. The number of hydrogen-bond donors (Lipinski definition) is 1. The lowest BCUT2D eigenvalue weighted by atomic mass is 9.77. The van der Waals surface area contributed by atoms with Gasteiger partial charge < -0.3 is 14.8 Å². The van der Waals surface area contributed by atoms with Gasteiger partial charge in [-0.3, -0.25) is 19.8 Å². The maximum Gasteiger partial charge on any atom is 0.256 e. The van der Waals surface area contributed by atoms with Crippen LogP contribution in [0.3, 0.4) is 0 Å². The van der Waals surface area contributed by atoms with Crippen LogP contribution in [0.5, 0.6) is 11.5 Å². The van der Waals surface area contributed by atoms with Crippen LogP contribution in [0.15, 0.2) is 65.1 Å². The standard InChI is InChI=1S/C28H25BrClN3O5/c1-37-23-14-17(13-20(29)25(23)38-15-16-8-10-18(30)11-9-16)24-22-7-4-12-32(22)28(26(24)33(35)36)19-5-2-3-6-21(19)31-27(28)34/h2-3,5-6,8-11,13-14,22,24,26H,4,7,12,15H2,1H3,(H,31,34)/t22-,24+,26-,28-/m0/s1. The fourth-order valence-electron chi connectivity index (χ4n) is 6.58. The largest absolute Gasteiger partial charge is 0.493 e. The number of carbonyl (C=O) groups is 1. The molecule has 0 saturated carbocycles. The Kier molecular flexibility index (Phi) is 6.32. The molecule has 0 bridgehead atoms. The molecule has 0 unspecified atom stereocenters. The third-order valence-electron chi connectivity index (χ3n) is 8.03. The monoisotopic (exact) mass is 597 g/mol. The van der Waals surface area contributed by atoms with E-state index in [0.717, 1.165) is 24.0 Å². The van der Waals surface area contributed by atoms with Crippen molar-refractivity contribution in [1.29, 1.82) is 0 Å². The lowest BCUT2D eigenvalue weighted by Crippen LogP contribution is -2.55. The van der Waals surface area contributed by atoms with Crippen molar-refractivity contribution in [2.45, 2.75) is 43.0 Å². The zero-order valence-electron chi connectivity index (χ0n) is 20.5. The number of para-hydroxylation sites is 1. The molecular weight excluding hydrogens is 574 g/mol. The number of fused-ring (bicyclic) bond motifs is 4. The van der Waals surface area contributed by atoms with Gasteiger partial charge in [-0.2, -0.15) is 0 Å².